The summed E-state index contributed by atoms with van der Waals surface area (Å²) in [4.78, 5) is 22.4. The molecule has 0 aliphatic rings. The fourth-order valence-electron chi connectivity index (χ4n) is 3.14. The molecular formula is C16H30N6OSSi2. The minimum Gasteiger partial charge on any atom is -0.356 e. The molecule has 0 spiro atoms. The van der Waals surface area contributed by atoms with E-state index in [1.165, 1.54) is 11.7 Å². The van der Waals surface area contributed by atoms with Crippen molar-refractivity contribution in [3.63, 3.8) is 0 Å². The molecular weight excluding hydrogens is 380 g/mol. The van der Waals surface area contributed by atoms with Gasteiger partial charge in [-0.1, -0.05) is 54.8 Å². The highest BCUT2D eigenvalue weighted by atomic mass is 32.2. The van der Waals surface area contributed by atoms with Gasteiger partial charge in [0.25, 0.3) is 0 Å². The smallest absolute Gasteiger partial charge is 0.216 e. The first-order valence-corrected chi connectivity index (χ1v) is 16.6. The molecule has 7 nitrogen and oxygen atoms in total. The summed E-state index contributed by atoms with van der Waals surface area (Å²) in [6.45, 7) is 12.5. The van der Waals surface area contributed by atoms with E-state index in [1.54, 1.807) is 31.1 Å². The predicted molar refractivity (Wildman–Crippen MR) is 113 cm³/mol. The summed E-state index contributed by atoms with van der Waals surface area (Å²) in [7, 11) is -2.61. The number of carbonyl (C=O) groups is 1. The Balaban J connectivity index is 2.46. The third-order valence-electron chi connectivity index (χ3n) is 3.95. The van der Waals surface area contributed by atoms with Crippen LogP contribution in [0.4, 0.5) is 0 Å². The first-order valence-electron chi connectivity index (χ1n) is 8.83. The van der Waals surface area contributed by atoms with Crippen molar-refractivity contribution < 1.29 is 4.79 Å². The minimum absolute atomic E-state index is 0.0565. The quantitative estimate of drug-likeness (QED) is 0.111. The number of carbonyl (C=O) groups excluding carboxylic acids is 1. The van der Waals surface area contributed by atoms with Crippen LogP contribution < -0.4 is 5.32 Å². The van der Waals surface area contributed by atoms with Crippen molar-refractivity contribution in [3.05, 3.63) is 28.4 Å². The molecule has 1 N–H and O–H groups in total. The fourth-order valence-corrected chi connectivity index (χ4v) is 19.0. The number of azide groups is 1. The zero-order valence-electron chi connectivity index (χ0n) is 16.4. The van der Waals surface area contributed by atoms with Gasteiger partial charge in [-0.15, -0.1) is 0 Å². The monoisotopic (exact) mass is 410 g/mol. The fraction of sp³-hybridized carbons (Fsp3) is 0.688. The average molecular weight is 411 g/mol. The van der Waals surface area contributed by atoms with Gasteiger partial charge in [-0.05, 0) is 22.9 Å². The lowest BCUT2D eigenvalue weighted by Gasteiger charge is -2.32. The van der Waals surface area contributed by atoms with E-state index in [-0.39, 0.29) is 5.91 Å². The van der Waals surface area contributed by atoms with Gasteiger partial charge in [0.2, 0.25) is 5.91 Å². The van der Waals surface area contributed by atoms with Crippen LogP contribution >= 0.6 is 11.8 Å². The van der Waals surface area contributed by atoms with E-state index in [1.807, 2.05) is 0 Å². The number of nitrogens with zero attached hydrogens (tertiary/aromatic N) is 5. The highest BCUT2D eigenvalue weighted by Gasteiger charge is 2.31. The number of rotatable bonds is 11. The lowest BCUT2D eigenvalue weighted by Crippen LogP contribution is -2.42. The van der Waals surface area contributed by atoms with Crippen molar-refractivity contribution >= 4 is 33.8 Å². The van der Waals surface area contributed by atoms with E-state index >= 15 is 0 Å². The van der Waals surface area contributed by atoms with Gasteiger partial charge in [-0.2, -0.15) is 0 Å². The van der Waals surface area contributed by atoms with Gasteiger partial charge in [-0.25, -0.2) is 9.97 Å². The van der Waals surface area contributed by atoms with Crippen molar-refractivity contribution in [1.29, 1.82) is 0 Å². The second kappa shape index (κ2) is 10.7. The maximum atomic E-state index is 11.0. The number of hydrogen-bond acceptors (Lipinski definition) is 5. The number of hydrogen-bond donors (Lipinski definition) is 1. The van der Waals surface area contributed by atoms with Gasteiger partial charge in [0, 0.05) is 38.8 Å². The second-order valence-electron chi connectivity index (χ2n) is 8.14. The van der Waals surface area contributed by atoms with Crippen LogP contribution in [-0.2, 0) is 11.3 Å². The Bertz CT molecular complexity index is 632. The van der Waals surface area contributed by atoms with E-state index in [9.17, 15) is 4.79 Å². The van der Waals surface area contributed by atoms with Crippen LogP contribution in [0.5, 0.6) is 0 Å². The summed E-state index contributed by atoms with van der Waals surface area (Å²) in [6, 6.07) is 1.25. The molecule has 0 saturated carbocycles. The summed E-state index contributed by atoms with van der Waals surface area (Å²) in [5.74, 6) is 0.0565. The molecule has 1 heterocycles. The van der Waals surface area contributed by atoms with E-state index in [2.05, 4.69) is 51.5 Å². The highest BCUT2D eigenvalue weighted by molar-refractivity contribution is 8.00. The summed E-state index contributed by atoms with van der Waals surface area (Å²) in [5, 5.41) is 8.31. The lowest BCUT2D eigenvalue weighted by atomic mass is 10.4. The maximum absolute atomic E-state index is 11.0. The first kappa shape index (κ1) is 22.7. The second-order valence-corrected chi connectivity index (χ2v) is 20.5. The Morgan fingerprint density at radius 2 is 1.92 bits per heavy atom. The van der Waals surface area contributed by atoms with Gasteiger partial charge in [-0.3, -0.25) is 4.79 Å². The summed E-state index contributed by atoms with van der Waals surface area (Å²) in [6.07, 6.45) is 4.55. The molecule has 0 radical (unpaired) electrons. The molecule has 0 unspecified atom stereocenters. The SMILES string of the molecule is CC(=O)NCCC[Si](C)(C)C[Si](C)(C)CSc1ncc(CN=[N+]=[N-])cn1. The van der Waals surface area contributed by atoms with Gasteiger partial charge in [0.15, 0.2) is 5.16 Å². The molecule has 0 aromatic carbocycles. The topological polar surface area (TPSA) is 104 Å². The van der Waals surface area contributed by atoms with Crippen LogP contribution in [0.2, 0.25) is 37.9 Å². The third-order valence-corrected chi connectivity index (χ3v) is 17.5. The molecule has 10 heteroatoms. The molecule has 0 fully saturated rings. The van der Waals surface area contributed by atoms with Crippen LogP contribution in [0.1, 0.15) is 18.9 Å². The van der Waals surface area contributed by atoms with E-state index in [0.29, 0.717) is 6.54 Å². The average Bonchev–Trinajstić information content (AvgIpc) is 2.55. The molecule has 26 heavy (non-hydrogen) atoms. The standard InChI is InChI=1S/C16H30N6OSSi2/c1-14(23)18-7-6-8-25(2,3)13-26(4,5)12-24-16-19-9-15(10-20-16)11-21-22-17/h9-10H,6-8,11-13H2,1-5H3,(H,18,23). The largest absolute Gasteiger partial charge is 0.356 e. The molecule has 1 aromatic heterocycles. The van der Waals surface area contributed by atoms with Gasteiger partial charge in [0.1, 0.15) is 0 Å². The van der Waals surface area contributed by atoms with Gasteiger partial charge < -0.3 is 5.32 Å². The number of amides is 1. The van der Waals surface area contributed by atoms with Crippen LogP contribution in [0, 0.1) is 0 Å². The van der Waals surface area contributed by atoms with Crippen molar-refractivity contribution in [2.75, 3.05) is 11.9 Å². The molecule has 0 aliphatic carbocycles. The van der Waals surface area contributed by atoms with Crippen LogP contribution in [-0.4, -0.2) is 43.9 Å². The lowest BCUT2D eigenvalue weighted by molar-refractivity contribution is -0.118. The Kier molecular flexibility index (Phi) is 9.34. The van der Waals surface area contributed by atoms with Crippen molar-refractivity contribution in [1.82, 2.24) is 15.3 Å². The summed E-state index contributed by atoms with van der Waals surface area (Å²) in [5.41, 5.74) is 10.5. The summed E-state index contributed by atoms with van der Waals surface area (Å²) >= 11 is 1.73. The zero-order valence-corrected chi connectivity index (χ0v) is 19.3. The van der Waals surface area contributed by atoms with Gasteiger partial charge >= 0.3 is 0 Å². The molecule has 144 valence electrons. The third kappa shape index (κ3) is 9.95. The van der Waals surface area contributed by atoms with Crippen LogP contribution in [0.3, 0.4) is 0 Å². The zero-order chi connectivity index (χ0) is 19.6. The molecule has 1 aromatic rings. The first-order chi connectivity index (χ1) is 12.1. The number of thioether (sulfide) groups is 1. The van der Waals surface area contributed by atoms with Crippen LogP contribution in [0.15, 0.2) is 22.7 Å². The van der Waals surface area contributed by atoms with E-state index in [4.69, 9.17) is 5.53 Å². The minimum atomic E-state index is -1.35. The van der Waals surface area contributed by atoms with E-state index < -0.39 is 16.1 Å². The maximum Gasteiger partial charge on any atom is 0.216 e. The Morgan fingerprint density at radius 3 is 2.50 bits per heavy atom. The van der Waals surface area contributed by atoms with E-state index in [0.717, 1.165) is 29.1 Å². The molecule has 0 saturated heterocycles. The molecule has 0 atom stereocenters. The Morgan fingerprint density at radius 1 is 1.27 bits per heavy atom. The predicted octanol–water partition coefficient (Wildman–Crippen LogP) is 4.40. The molecule has 1 amide bonds. The normalized spacial score (nSPS) is 11.7. The van der Waals surface area contributed by atoms with Crippen molar-refractivity contribution in [2.45, 2.75) is 62.9 Å². The van der Waals surface area contributed by atoms with Crippen LogP contribution in [0.25, 0.3) is 10.4 Å². The van der Waals surface area contributed by atoms with Crippen molar-refractivity contribution in [2.24, 2.45) is 5.11 Å². The molecule has 0 aliphatic heterocycles. The Labute approximate surface area is 162 Å². The highest BCUT2D eigenvalue weighted by Crippen LogP contribution is 2.28. The Hall–Kier alpha value is -1.36. The number of aromatic nitrogens is 2. The molecule has 0 bridgehead atoms. The van der Waals surface area contributed by atoms with Crippen molar-refractivity contribution in [3.8, 4) is 0 Å². The van der Waals surface area contributed by atoms with Gasteiger partial charge in [0.05, 0.1) is 14.6 Å². The molecule has 1 rings (SSSR count). The number of nitrogens with one attached hydrogen (secondary N) is 1. The summed E-state index contributed by atoms with van der Waals surface area (Å²) < 4.78 is 0.